The molecule has 0 aliphatic heterocycles. The summed E-state index contributed by atoms with van der Waals surface area (Å²) >= 11 is 0. The van der Waals surface area contributed by atoms with Gasteiger partial charge in [-0.05, 0) is 0 Å². The summed E-state index contributed by atoms with van der Waals surface area (Å²) in [5.41, 5.74) is 0. The monoisotopic (exact) mass is 284 g/mol. The number of hydrogen-bond acceptors (Lipinski definition) is 4. The zero-order valence-electron chi connectivity index (χ0n) is 3.46. The van der Waals surface area contributed by atoms with E-state index in [1.165, 1.54) is 0 Å². The molecule has 0 heterocycles. The van der Waals surface area contributed by atoms with Gasteiger partial charge in [-0.1, -0.05) is 0 Å². The van der Waals surface area contributed by atoms with Crippen LogP contribution < -0.4 is 0 Å². The predicted molar refractivity (Wildman–Crippen MR) is 36.7 cm³/mol. The maximum Gasteiger partial charge on any atom is 0.668 e. The quantitative estimate of drug-likeness (QED) is 0.332. The normalized spacial score (nSPS) is 6.00. The summed E-state index contributed by atoms with van der Waals surface area (Å²) < 4.78 is 0. The molecule has 0 aliphatic carbocycles. The van der Waals surface area contributed by atoms with Crippen molar-refractivity contribution >= 4 is 49.5 Å². The molecule has 0 unspecified atom stereocenters. The molecule has 10 heteroatoms. The molecule has 0 aromatic carbocycles. The van der Waals surface area contributed by atoms with Crippen LogP contribution in [0.5, 0.6) is 0 Å². The smallest absolute Gasteiger partial charge is 0.412 e. The van der Waals surface area contributed by atoms with E-state index in [0.717, 1.165) is 0 Å². The fraction of sp³-hybridized carbons (Fsp3) is 0. The molecular weight excluding hydrogens is 274 g/mol. The van der Waals surface area contributed by atoms with Gasteiger partial charge in [-0.2, -0.15) is 0 Å². The number of rotatable bonds is 0. The van der Waals surface area contributed by atoms with Crippen molar-refractivity contribution in [1.82, 2.24) is 0 Å². The first-order valence-corrected chi connectivity index (χ1v) is 2.68. The van der Waals surface area contributed by atoms with Crippen LogP contribution in [0.2, 0.25) is 0 Å². The molecule has 0 saturated carbocycles. The van der Waals surface area contributed by atoms with Crippen molar-refractivity contribution in [1.29, 1.82) is 0 Å². The van der Waals surface area contributed by atoms with Gasteiger partial charge >= 0.3 is 32.1 Å². The minimum Gasteiger partial charge on any atom is -0.412 e. The Bertz CT molecular complexity index is 37.1. The largest absolute Gasteiger partial charge is 0.668 e. The SMILES string of the molecule is O.O[Si](O)(O)O.[AlH3].[Fe].[MgH2].[Ni]. The van der Waals surface area contributed by atoms with Crippen molar-refractivity contribution in [2.24, 2.45) is 0 Å². The Kier molecular flexibility index (Phi) is 68.8. The van der Waals surface area contributed by atoms with Gasteiger partial charge in [0.25, 0.3) is 0 Å². The molecule has 0 aromatic heterocycles. The molecule has 0 aromatic rings. The summed E-state index contributed by atoms with van der Waals surface area (Å²) in [6, 6.07) is 0. The standard InChI is InChI=1S/Al.Fe.Mg.Ni.H4O4Si.H2O.5H/c;;;;1-5(2,3)4;;;;;;/h;;;;1-4H;1H2;;;;;. The van der Waals surface area contributed by atoms with Gasteiger partial charge in [0.1, 0.15) is 0 Å². The van der Waals surface area contributed by atoms with Crippen LogP contribution in [0.3, 0.4) is 0 Å². The van der Waals surface area contributed by atoms with Gasteiger partial charge in [-0.25, -0.2) is 0 Å². The van der Waals surface area contributed by atoms with Crippen molar-refractivity contribution in [2.45, 2.75) is 0 Å². The van der Waals surface area contributed by atoms with Crippen LogP contribution in [0.4, 0.5) is 0 Å². The van der Waals surface area contributed by atoms with Crippen molar-refractivity contribution in [3.63, 3.8) is 0 Å². The van der Waals surface area contributed by atoms with E-state index < -0.39 is 9.05 Å². The molecule has 0 bridgehead atoms. The van der Waals surface area contributed by atoms with E-state index in [4.69, 9.17) is 19.2 Å². The molecule has 10 heavy (non-hydrogen) atoms. The Morgan fingerprint density at radius 3 is 0.900 bits per heavy atom. The molecule has 6 N–H and O–H groups in total. The van der Waals surface area contributed by atoms with Crippen LogP contribution in [0.1, 0.15) is 0 Å². The van der Waals surface area contributed by atoms with E-state index in [-0.39, 0.29) is 79.5 Å². The fourth-order valence-electron chi connectivity index (χ4n) is 0. The van der Waals surface area contributed by atoms with Gasteiger partial charge < -0.3 is 24.7 Å². The Labute approximate surface area is 107 Å². The van der Waals surface area contributed by atoms with Crippen LogP contribution in [0, 0.1) is 0 Å². The zero-order chi connectivity index (χ0) is 4.50. The van der Waals surface area contributed by atoms with Crippen LogP contribution in [0.15, 0.2) is 0 Å². The van der Waals surface area contributed by atoms with Crippen molar-refractivity contribution in [2.75, 3.05) is 0 Å². The van der Waals surface area contributed by atoms with Crippen LogP contribution in [0.25, 0.3) is 0 Å². The number of hydrogen-bond donors (Lipinski definition) is 4. The topological polar surface area (TPSA) is 112 Å². The molecular formula is H11AlFeMgNiO5Si. The molecule has 0 radical (unpaired) electrons. The first-order chi connectivity index (χ1) is 2.00. The van der Waals surface area contributed by atoms with E-state index in [0.29, 0.717) is 0 Å². The van der Waals surface area contributed by atoms with Crippen LogP contribution in [-0.4, -0.2) is 74.1 Å². The Hall–Kier alpha value is 2.33. The third-order valence-corrected chi connectivity index (χ3v) is 0. The molecule has 0 rings (SSSR count). The minimum atomic E-state index is -4.61. The van der Waals surface area contributed by atoms with E-state index in [9.17, 15) is 0 Å². The molecule has 0 spiro atoms. The van der Waals surface area contributed by atoms with Gasteiger partial charge in [0, 0.05) is 33.6 Å². The summed E-state index contributed by atoms with van der Waals surface area (Å²) in [4.78, 5) is 29.3. The second kappa shape index (κ2) is 17.4. The van der Waals surface area contributed by atoms with Gasteiger partial charge in [0.15, 0.2) is 17.4 Å². The van der Waals surface area contributed by atoms with Gasteiger partial charge in [0.2, 0.25) is 0 Å². The third kappa shape index (κ3) is 166. The fourth-order valence-corrected chi connectivity index (χ4v) is 0. The maximum atomic E-state index is 7.33. The Balaban J connectivity index is -0.00000000800. The molecule has 0 atom stereocenters. The van der Waals surface area contributed by atoms with Gasteiger partial charge in [-0.15, -0.1) is 0 Å². The van der Waals surface area contributed by atoms with Crippen molar-refractivity contribution in [3.05, 3.63) is 0 Å². The van der Waals surface area contributed by atoms with Gasteiger partial charge in [-0.3, -0.25) is 0 Å². The summed E-state index contributed by atoms with van der Waals surface area (Å²) in [5.74, 6) is 0. The van der Waals surface area contributed by atoms with Crippen molar-refractivity contribution in [3.8, 4) is 0 Å². The molecule has 0 saturated heterocycles. The second-order valence-corrected chi connectivity index (χ2v) is 1.80. The third-order valence-electron chi connectivity index (χ3n) is 0. The maximum absolute atomic E-state index is 7.33. The minimum absolute atomic E-state index is 0. The summed E-state index contributed by atoms with van der Waals surface area (Å²) in [5, 5.41) is 0. The van der Waals surface area contributed by atoms with Crippen molar-refractivity contribution < 1.29 is 58.2 Å². The van der Waals surface area contributed by atoms with Gasteiger partial charge in [0.05, 0.1) is 0 Å². The molecule has 0 amide bonds. The molecule has 5 nitrogen and oxygen atoms in total. The predicted octanol–water partition coefficient (Wildman–Crippen LogP) is -5.54. The zero-order valence-corrected chi connectivity index (χ0v) is 6.55. The average Bonchev–Trinajstić information content (AvgIpc) is 0.722. The molecule has 0 fully saturated rings. The Morgan fingerprint density at radius 2 is 0.900 bits per heavy atom. The van der Waals surface area contributed by atoms with E-state index in [2.05, 4.69) is 0 Å². The van der Waals surface area contributed by atoms with E-state index >= 15 is 0 Å². The summed E-state index contributed by atoms with van der Waals surface area (Å²) in [6.45, 7) is 0. The average molecular weight is 285 g/mol. The molecule has 68 valence electrons. The summed E-state index contributed by atoms with van der Waals surface area (Å²) in [6.07, 6.45) is 0. The van der Waals surface area contributed by atoms with Crippen LogP contribution in [-0.2, 0) is 33.6 Å². The second-order valence-electron chi connectivity index (χ2n) is 0.600. The first kappa shape index (κ1) is 39.5. The summed E-state index contributed by atoms with van der Waals surface area (Å²) in [7, 11) is -4.61. The Morgan fingerprint density at radius 1 is 0.900 bits per heavy atom. The van der Waals surface area contributed by atoms with E-state index in [1.807, 2.05) is 0 Å². The first-order valence-electron chi connectivity index (χ1n) is 0.894. The van der Waals surface area contributed by atoms with Crippen LogP contribution >= 0.6 is 0 Å². The molecule has 0 aliphatic rings. The van der Waals surface area contributed by atoms with E-state index in [1.54, 1.807) is 0 Å².